The van der Waals surface area contributed by atoms with Crippen LogP contribution in [-0.2, 0) is 24.3 Å². The van der Waals surface area contributed by atoms with E-state index in [0.717, 1.165) is 22.5 Å². The van der Waals surface area contributed by atoms with E-state index in [2.05, 4.69) is 11.2 Å². The highest BCUT2D eigenvalue weighted by molar-refractivity contribution is 6.30. The first kappa shape index (κ1) is 19.0. The summed E-state index contributed by atoms with van der Waals surface area (Å²) in [5, 5.41) is 13.9. The fourth-order valence-electron chi connectivity index (χ4n) is 2.89. The zero-order chi connectivity index (χ0) is 18.4. The highest BCUT2D eigenvalue weighted by Crippen LogP contribution is 2.17. The summed E-state index contributed by atoms with van der Waals surface area (Å²) in [4.78, 5) is 14.1. The minimum Gasteiger partial charge on any atom is -0.341 e. The summed E-state index contributed by atoms with van der Waals surface area (Å²) in [6.45, 7) is 5.07. The van der Waals surface area contributed by atoms with Gasteiger partial charge in [0, 0.05) is 30.7 Å². The average molecular weight is 359 g/mol. The number of hydrogen-bond donors (Lipinski definition) is 0. The van der Waals surface area contributed by atoms with Crippen LogP contribution >= 0.6 is 11.6 Å². The van der Waals surface area contributed by atoms with Crippen LogP contribution in [0.15, 0.2) is 24.3 Å². The van der Waals surface area contributed by atoms with Gasteiger partial charge in [-0.3, -0.25) is 9.48 Å². The summed E-state index contributed by atoms with van der Waals surface area (Å²) >= 11 is 5.99. The molecule has 2 aromatic rings. The molecule has 0 bridgehead atoms. The minimum absolute atomic E-state index is 0.0866. The van der Waals surface area contributed by atoms with E-state index in [9.17, 15) is 4.79 Å². The third kappa shape index (κ3) is 5.07. The van der Waals surface area contributed by atoms with Crippen LogP contribution in [0.3, 0.4) is 0 Å². The molecule has 1 aromatic carbocycles. The molecule has 0 unspecified atom stereocenters. The second-order valence-electron chi connectivity index (χ2n) is 6.16. The van der Waals surface area contributed by atoms with Gasteiger partial charge < -0.3 is 4.90 Å². The number of halogens is 1. The maximum absolute atomic E-state index is 12.4. The molecule has 2 rings (SSSR count). The van der Waals surface area contributed by atoms with E-state index in [1.54, 1.807) is 11.9 Å². The molecule has 1 heterocycles. The molecular formula is C19H23ClN4O. The van der Waals surface area contributed by atoms with Crippen molar-refractivity contribution in [2.24, 2.45) is 0 Å². The maximum atomic E-state index is 12.4. The predicted octanol–water partition coefficient (Wildman–Crippen LogP) is 3.66. The lowest BCUT2D eigenvalue weighted by atomic mass is 10.1. The second-order valence-corrected chi connectivity index (χ2v) is 6.60. The van der Waals surface area contributed by atoms with Crippen LogP contribution in [0, 0.1) is 25.2 Å². The summed E-state index contributed by atoms with van der Waals surface area (Å²) < 4.78 is 1.86. The molecule has 0 spiro atoms. The van der Waals surface area contributed by atoms with Gasteiger partial charge in [0.25, 0.3) is 0 Å². The standard InChI is InChI=1S/C19H23ClN4O/c1-14-18(15(2)24(22-14)11-5-10-21)8-9-19(25)23(3)13-16-6-4-7-17(20)12-16/h4,6-7,12H,5,8-9,11,13H2,1-3H3. The van der Waals surface area contributed by atoms with E-state index in [0.29, 0.717) is 37.4 Å². The Morgan fingerprint density at radius 3 is 2.84 bits per heavy atom. The third-order valence-electron chi connectivity index (χ3n) is 4.29. The lowest BCUT2D eigenvalue weighted by molar-refractivity contribution is -0.130. The molecule has 1 aromatic heterocycles. The Kier molecular flexibility index (Phi) is 6.60. The number of nitriles is 1. The second kappa shape index (κ2) is 8.68. The lowest BCUT2D eigenvalue weighted by Gasteiger charge is -2.17. The van der Waals surface area contributed by atoms with E-state index in [1.807, 2.05) is 42.8 Å². The first-order chi connectivity index (χ1) is 11.9. The SMILES string of the molecule is Cc1nn(CCC#N)c(C)c1CCC(=O)N(C)Cc1cccc(Cl)c1. The number of amides is 1. The number of carbonyl (C=O) groups is 1. The molecule has 6 heteroatoms. The summed E-state index contributed by atoms with van der Waals surface area (Å²) in [5.74, 6) is 0.0866. The number of rotatable bonds is 7. The number of benzene rings is 1. The van der Waals surface area contributed by atoms with Gasteiger partial charge in [-0.15, -0.1) is 0 Å². The molecule has 0 radical (unpaired) electrons. The van der Waals surface area contributed by atoms with Crippen LogP contribution in [0.1, 0.15) is 35.4 Å². The topological polar surface area (TPSA) is 61.9 Å². The van der Waals surface area contributed by atoms with Crippen LogP contribution in [0.5, 0.6) is 0 Å². The van der Waals surface area contributed by atoms with Gasteiger partial charge in [0.15, 0.2) is 0 Å². The van der Waals surface area contributed by atoms with Crippen molar-refractivity contribution in [1.29, 1.82) is 5.26 Å². The van der Waals surface area contributed by atoms with Crippen molar-refractivity contribution < 1.29 is 4.79 Å². The smallest absolute Gasteiger partial charge is 0.222 e. The summed E-state index contributed by atoms with van der Waals surface area (Å²) in [5.41, 5.74) is 4.08. The fourth-order valence-corrected chi connectivity index (χ4v) is 3.10. The van der Waals surface area contributed by atoms with Crippen LogP contribution in [0.4, 0.5) is 0 Å². The number of carbonyl (C=O) groups excluding carboxylic acids is 1. The van der Waals surface area contributed by atoms with E-state index in [-0.39, 0.29) is 5.91 Å². The van der Waals surface area contributed by atoms with E-state index in [1.165, 1.54) is 0 Å². The fraction of sp³-hybridized carbons (Fsp3) is 0.421. The van der Waals surface area contributed by atoms with Gasteiger partial charge in [-0.25, -0.2) is 0 Å². The van der Waals surface area contributed by atoms with Gasteiger partial charge in [0.1, 0.15) is 0 Å². The zero-order valence-electron chi connectivity index (χ0n) is 14.9. The Bertz CT molecular complexity index is 791. The molecule has 5 nitrogen and oxygen atoms in total. The van der Waals surface area contributed by atoms with Crippen LogP contribution < -0.4 is 0 Å². The first-order valence-corrected chi connectivity index (χ1v) is 8.68. The number of hydrogen-bond acceptors (Lipinski definition) is 3. The largest absolute Gasteiger partial charge is 0.341 e. The van der Waals surface area contributed by atoms with Crippen molar-refractivity contribution in [3.05, 3.63) is 51.8 Å². The molecule has 1 amide bonds. The molecule has 0 fully saturated rings. The Labute approximate surface area is 153 Å². The Morgan fingerprint density at radius 1 is 1.40 bits per heavy atom. The van der Waals surface area contributed by atoms with Crippen molar-refractivity contribution >= 4 is 17.5 Å². The molecule has 0 atom stereocenters. The molecule has 0 aliphatic rings. The van der Waals surface area contributed by atoms with Gasteiger partial charge in [-0.05, 0) is 43.5 Å². The molecular weight excluding hydrogens is 336 g/mol. The lowest BCUT2D eigenvalue weighted by Crippen LogP contribution is -2.26. The molecule has 132 valence electrons. The van der Waals surface area contributed by atoms with Gasteiger partial charge in [0.05, 0.1) is 24.7 Å². The molecule has 0 saturated carbocycles. The third-order valence-corrected chi connectivity index (χ3v) is 4.53. The summed E-state index contributed by atoms with van der Waals surface area (Å²) in [7, 11) is 1.80. The maximum Gasteiger partial charge on any atom is 0.222 e. The number of aromatic nitrogens is 2. The Balaban J connectivity index is 1.95. The van der Waals surface area contributed by atoms with Crippen LogP contribution in [0.2, 0.25) is 5.02 Å². The first-order valence-electron chi connectivity index (χ1n) is 8.30. The number of nitrogens with zero attached hydrogens (tertiary/aromatic N) is 4. The molecule has 0 aliphatic carbocycles. The highest BCUT2D eigenvalue weighted by Gasteiger charge is 2.15. The van der Waals surface area contributed by atoms with Crippen LogP contribution in [-0.4, -0.2) is 27.6 Å². The predicted molar refractivity (Wildman–Crippen MR) is 98.2 cm³/mol. The van der Waals surface area contributed by atoms with Gasteiger partial charge in [-0.2, -0.15) is 10.4 Å². The monoisotopic (exact) mass is 358 g/mol. The van der Waals surface area contributed by atoms with E-state index in [4.69, 9.17) is 16.9 Å². The molecule has 0 N–H and O–H groups in total. The van der Waals surface area contributed by atoms with Gasteiger partial charge in [-0.1, -0.05) is 23.7 Å². The quantitative estimate of drug-likeness (QED) is 0.758. The van der Waals surface area contributed by atoms with E-state index >= 15 is 0 Å². The van der Waals surface area contributed by atoms with Crippen molar-refractivity contribution in [2.45, 2.75) is 46.2 Å². The van der Waals surface area contributed by atoms with Crippen molar-refractivity contribution in [2.75, 3.05) is 7.05 Å². The van der Waals surface area contributed by atoms with Gasteiger partial charge in [0.2, 0.25) is 5.91 Å². The normalized spacial score (nSPS) is 10.5. The van der Waals surface area contributed by atoms with Crippen molar-refractivity contribution in [3.8, 4) is 6.07 Å². The Hall–Kier alpha value is -2.32. The summed E-state index contributed by atoms with van der Waals surface area (Å²) in [6, 6.07) is 9.68. The summed E-state index contributed by atoms with van der Waals surface area (Å²) in [6.07, 6.45) is 1.52. The number of aryl methyl sites for hydroxylation is 2. The van der Waals surface area contributed by atoms with Gasteiger partial charge >= 0.3 is 0 Å². The van der Waals surface area contributed by atoms with Crippen LogP contribution in [0.25, 0.3) is 0 Å². The minimum atomic E-state index is 0.0866. The van der Waals surface area contributed by atoms with Crippen molar-refractivity contribution in [3.63, 3.8) is 0 Å². The highest BCUT2D eigenvalue weighted by atomic mass is 35.5. The molecule has 0 aliphatic heterocycles. The van der Waals surface area contributed by atoms with E-state index < -0.39 is 0 Å². The molecule has 0 saturated heterocycles. The zero-order valence-corrected chi connectivity index (χ0v) is 15.7. The average Bonchev–Trinajstić information content (AvgIpc) is 2.84. The molecule has 25 heavy (non-hydrogen) atoms. The van der Waals surface area contributed by atoms with Crippen molar-refractivity contribution in [1.82, 2.24) is 14.7 Å². The Morgan fingerprint density at radius 2 is 2.16 bits per heavy atom.